The number of sulfonamides is 1. The van der Waals surface area contributed by atoms with Crippen molar-refractivity contribution in [1.29, 1.82) is 0 Å². The predicted molar refractivity (Wildman–Crippen MR) is 109 cm³/mol. The third kappa shape index (κ3) is 5.66. The highest BCUT2D eigenvalue weighted by molar-refractivity contribution is 7.88. The second kappa shape index (κ2) is 8.15. The molecule has 0 unspecified atom stereocenters. The molecule has 1 aromatic rings. The maximum absolute atomic E-state index is 12.7. The minimum atomic E-state index is -3.41. The smallest absolute Gasteiger partial charge is 0.224 e. The fourth-order valence-corrected chi connectivity index (χ4v) is 5.11. The van der Waals surface area contributed by atoms with Gasteiger partial charge in [-0.05, 0) is 50.2 Å². The lowest BCUT2D eigenvalue weighted by molar-refractivity contribution is -0.123. The Balaban J connectivity index is 2.05. The Morgan fingerprint density at radius 1 is 1.19 bits per heavy atom. The van der Waals surface area contributed by atoms with Gasteiger partial charge in [-0.1, -0.05) is 49.8 Å². The SMILES string of the molecule is CC(C)=C[C@H]1[C@H](C(=O)NCc2ccccc2CS(=O)(=O)NC(C)C)C1(C)C. The standard InChI is InChI=1S/C21H32N2O3S/c1-14(2)11-18-19(21(18,5)6)20(24)22-12-16-9-7-8-10-17(16)13-27(25,26)23-15(3)4/h7-11,15,18-19,23H,12-13H2,1-6H3,(H,22,24)/t18-,19+/m0/s1. The van der Waals surface area contributed by atoms with Crippen LogP contribution in [0.2, 0.25) is 0 Å². The van der Waals surface area contributed by atoms with Crippen LogP contribution in [0.25, 0.3) is 0 Å². The Bertz CT molecular complexity index is 822. The molecule has 0 heterocycles. The van der Waals surface area contributed by atoms with Crippen LogP contribution in [0.15, 0.2) is 35.9 Å². The molecule has 1 saturated carbocycles. The Morgan fingerprint density at radius 3 is 2.33 bits per heavy atom. The quantitative estimate of drug-likeness (QED) is 0.666. The number of amides is 1. The Morgan fingerprint density at radius 2 is 1.78 bits per heavy atom. The van der Waals surface area contributed by atoms with Crippen LogP contribution in [0, 0.1) is 17.3 Å². The summed E-state index contributed by atoms with van der Waals surface area (Å²) in [6, 6.07) is 7.20. The third-order valence-corrected chi connectivity index (χ3v) is 6.56. The summed E-state index contributed by atoms with van der Waals surface area (Å²) in [5.41, 5.74) is 2.72. The monoisotopic (exact) mass is 392 g/mol. The van der Waals surface area contributed by atoms with Gasteiger partial charge in [-0.25, -0.2) is 13.1 Å². The van der Waals surface area contributed by atoms with Gasteiger partial charge >= 0.3 is 0 Å². The number of carbonyl (C=O) groups is 1. The lowest BCUT2D eigenvalue weighted by Crippen LogP contribution is -2.32. The molecule has 1 aromatic carbocycles. The van der Waals surface area contributed by atoms with E-state index >= 15 is 0 Å². The molecule has 1 amide bonds. The van der Waals surface area contributed by atoms with Crippen LogP contribution in [0.4, 0.5) is 0 Å². The average Bonchev–Trinajstić information content (AvgIpc) is 3.04. The number of hydrogen-bond acceptors (Lipinski definition) is 3. The molecule has 0 aliphatic heterocycles. The van der Waals surface area contributed by atoms with Crippen molar-refractivity contribution in [3.63, 3.8) is 0 Å². The highest BCUT2D eigenvalue weighted by Crippen LogP contribution is 2.59. The zero-order valence-corrected chi connectivity index (χ0v) is 18.0. The number of benzene rings is 1. The molecule has 2 rings (SSSR count). The molecule has 0 aromatic heterocycles. The van der Waals surface area contributed by atoms with E-state index in [2.05, 4.69) is 30.0 Å². The number of nitrogens with one attached hydrogen (secondary N) is 2. The largest absolute Gasteiger partial charge is 0.352 e. The van der Waals surface area contributed by atoms with E-state index in [4.69, 9.17) is 0 Å². The number of carbonyl (C=O) groups excluding carboxylic acids is 1. The summed E-state index contributed by atoms with van der Waals surface area (Å²) in [6.07, 6.45) is 2.17. The summed E-state index contributed by atoms with van der Waals surface area (Å²) in [7, 11) is -3.41. The number of allylic oxidation sites excluding steroid dienone is 2. The molecule has 5 nitrogen and oxygen atoms in total. The maximum Gasteiger partial charge on any atom is 0.224 e. The highest BCUT2D eigenvalue weighted by atomic mass is 32.2. The Labute approximate surface area is 163 Å². The van der Waals surface area contributed by atoms with Crippen LogP contribution in [0.3, 0.4) is 0 Å². The van der Waals surface area contributed by atoms with Gasteiger partial charge in [0, 0.05) is 12.6 Å². The second-order valence-corrected chi connectivity index (χ2v) is 10.3. The highest BCUT2D eigenvalue weighted by Gasteiger charge is 2.60. The van der Waals surface area contributed by atoms with Gasteiger partial charge in [0.2, 0.25) is 15.9 Å². The van der Waals surface area contributed by atoms with Crippen LogP contribution < -0.4 is 10.0 Å². The van der Waals surface area contributed by atoms with E-state index in [1.54, 1.807) is 19.9 Å². The van der Waals surface area contributed by atoms with Crippen LogP contribution in [-0.2, 0) is 27.1 Å². The maximum atomic E-state index is 12.7. The average molecular weight is 393 g/mol. The Hall–Kier alpha value is -1.66. The van der Waals surface area contributed by atoms with Gasteiger partial charge in [-0.2, -0.15) is 0 Å². The van der Waals surface area contributed by atoms with Crippen molar-refractivity contribution in [3.8, 4) is 0 Å². The molecule has 2 atom stereocenters. The fraction of sp³-hybridized carbons (Fsp3) is 0.571. The van der Waals surface area contributed by atoms with E-state index in [0.29, 0.717) is 12.1 Å². The van der Waals surface area contributed by atoms with Crippen LogP contribution in [0.1, 0.15) is 52.7 Å². The first kappa shape index (κ1) is 21.6. The summed E-state index contributed by atoms with van der Waals surface area (Å²) in [5.74, 6) is 0.159. The van der Waals surface area contributed by atoms with Gasteiger partial charge in [0.15, 0.2) is 0 Å². The zero-order chi connectivity index (χ0) is 20.4. The first-order valence-corrected chi connectivity index (χ1v) is 11.1. The van der Waals surface area contributed by atoms with Gasteiger partial charge in [0.25, 0.3) is 0 Å². The fourth-order valence-electron chi connectivity index (χ4n) is 3.62. The zero-order valence-electron chi connectivity index (χ0n) is 17.2. The molecule has 2 N–H and O–H groups in total. The summed E-state index contributed by atoms with van der Waals surface area (Å²) >= 11 is 0. The minimum Gasteiger partial charge on any atom is -0.352 e. The molecule has 0 bridgehead atoms. The van der Waals surface area contributed by atoms with Crippen LogP contribution in [-0.4, -0.2) is 20.4 Å². The summed E-state index contributed by atoms with van der Waals surface area (Å²) in [4.78, 5) is 12.7. The van der Waals surface area contributed by atoms with E-state index in [1.165, 1.54) is 5.57 Å². The molecule has 27 heavy (non-hydrogen) atoms. The van der Waals surface area contributed by atoms with Gasteiger partial charge in [0.05, 0.1) is 11.7 Å². The van der Waals surface area contributed by atoms with Crippen molar-refractivity contribution >= 4 is 15.9 Å². The summed E-state index contributed by atoms with van der Waals surface area (Å²) < 4.78 is 27.1. The van der Waals surface area contributed by atoms with Crippen LogP contribution in [0.5, 0.6) is 0 Å². The van der Waals surface area contributed by atoms with Gasteiger partial charge in [-0.3, -0.25) is 4.79 Å². The lowest BCUT2D eigenvalue weighted by Gasteiger charge is -2.13. The normalized spacial score (nSPS) is 21.0. The van der Waals surface area contributed by atoms with Crippen molar-refractivity contribution in [1.82, 2.24) is 10.0 Å². The van der Waals surface area contributed by atoms with Gasteiger partial charge < -0.3 is 5.32 Å². The minimum absolute atomic E-state index is 0.0282. The second-order valence-electron chi connectivity index (χ2n) is 8.59. The molecule has 1 fully saturated rings. The van der Waals surface area contributed by atoms with Crippen molar-refractivity contribution in [3.05, 3.63) is 47.0 Å². The van der Waals surface area contributed by atoms with Crippen molar-refractivity contribution in [2.45, 2.75) is 59.9 Å². The van der Waals surface area contributed by atoms with E-state index in [-0.39, 0.29) is 35.0 Å². The Kier molecular flexibility index (Phi) is 6.53. The van der Waals surface area contributed by atoms with E-state index in [0.717, 1.165) is 5.56 Å². The molecule has 0 spiro atoms. The first-order chi connectivity index (χ1) is 12.4. The molecule has 0 radical (unpaired) electrons. The molecular formula is C21H32N2O3S. The number of hydrogen-bond donors (Lipinski definition) is 2. The first-order valence-electron chi connectivity index (χ1n) is 9.43. The lowest BCUT2D eigenvalue weighted by atomic mass is 10.1. The van der Waals surface area contributed by atoms with E-state index < -0.39 is 10.0 Å². The van der Waals surface area contributed by atoms with E-state index in [9.17, 15) is 13.2 Å². The molecule has 0 saturated heterocycles. The molecular weight excluding hydrogens is 360 g/mol. The predicted octanol–water partition coefficient (Wildman–Crippen LogP) is 3.37. The molecule has 1 aliphatic rings. The van der Waals surface area contributed by atoms with Gasteiger partial charge in [-0.15, -0.1) is 0 Å². The summed E-state index contributed by atoms with van der Waals surface area (Å²) in [5, 5.41) is 3.00. The van der Waals surface area contributed by atoms with Gasteiger partial charge in [0.1, 0.15) is 0 Å². The summed E-state index contributed by atoms with van der Waals surface area (Å²) in [6.45, 7) is 12.2. The van der Waals surface area contributed by atoms with Crippen molar-refractivity contribution in [2.24, 2.45) is 17.3 Å². The molecule has 6 heteroatoms. The van der Waals surface area contributed by atoms with Crippen LogP contribution >= 0.6 is 0 Å². The van der Waals surface area contributed by atoms with Crippen molar-refractivity contribution < 1.29 is 13.2 Å². The molecule has 1 aliphatic carbocycles. The topological polar surface area (TPSA) is 75.3 Å². The van der Waals surface area contributed by atoms with E-state index in [1.807, 2.05) is 32.0 Å². The third-order valence-electron chi connectivity index (χ3n) is 5.04. The van der Waals surface area contributed by atoms with Crippen molar-refractivity contribution in [2.75, 3.05) is 0 Å². The number of rotatable bonds is 8. The molecule has 150 valence electrons.